The maximum Gasteiger partial charge on any atom is 0.123 e. The average Bonchev–Trinajstić information content (AvgIpc) is 2.43. The summed E-state index contributed by atoms with van der Waals surface area (Å²) in [4.78, 5) is 4.97. The molecule has 1 aromatic carbocycles. The molecule has 0 amide bonds. The number of hydrogen-bond donors (Lipinski definition) is 1. The Morgan fingerprint density at radius 1 is 1.29 bits per heavy atom. The molecule has 0 saturated carbocycles. The van der Waals surface area contributed by atoms with Crippen molar-refractivity contribution < 1.29 is 4.74 Å². The molecule has 1 saturated heterocycles. The smallest absolute Gasteiger partial charge is 0.123 e. The number of nitrogens with zero attached hydrogens (tertiary/aromatic N) is 2. The SMILES string of the molecule is CNCc1ccc(OC)c(CN2CCN(C)C(C)(C)C2)c1. The van der Waals surface area contributed by atoms with Crippen molar-refractivity contribution in [1.29, 1.82) is 0 Å². The van der Waals surface area contributed by atoms with Gasteiger partial charge in [-0.3, -0.25) is 9.80 Å². The van der Waals surface area contributed by atoms with Crippen LogP contribution in [-0.4, -0.2) is 56.2 Å². The van der Waals surface area contributed by atoms with Crippen molar-refractivity contribution in [3.8, 4) is 5.75 Å². The first-order valence-electron chi connectivity index (χ1n) is 7.70. The largest absolute Gasteiger partial charge is 0.496 e. The minimum atomic E-state index is 0.230. The molecule has 1 N–H and O–H groups in total. The first-order valence-corrected chi connectivity index (χ1v) is 7.70. The van der Waals surface area contributed by atoms with Crippen molar-refractivity contribution in [3.63, 3.8) is 0 Å². The molecule has 2 rings (SSSR count). The van der Waals surface area contributed by atoms with Crippen LogP contribution in [0.5, 0.6) is 5.75 Å². The summed E-state index contributed by atoms with van der Waals surface area (Å²) in [6.45, 7) is 9.79. The van der Waals surface area contributed by atoms with Gasteiger partial charge in [0.25, 0.3) is 0 Å². The maximum absolute atomic E-state index is 5.54. The summed E-state index contributed by atoms with van der Waals surface area (Å²) in [5.74, 6) is 0.992. The molecule has 0 aromatic heterocycles. The predicted molar refractivity (Wildman–Crippen MR) is 87.7 cm³/mol. The van der Waals surface area contributed by atoms with E-state index in [0.717, 1.165) is 38.5 Å². The first kappa shape index (κ1) is 16.3. The Balaban J connectivity index is 2.12. The van der Waals surface area contributed by atoms with E-state index in [-0.39, 0.29) is 5.54 Å². The van der Waals surface area contributed by atoms with Crippen molar-refractivity contribution in [2.75, 3.05) is 40.8 Å². The van der Waals surface area contributed by atoms with E-state index in [1.54, 1.807) is 7.11 Å². The van der Waals surface area contributed by atoms with Gasteiger partial charge in [-0.2, -0.15) is 0 Å². The third-order valence-electron chi connectivity index (χ3n) is 4.52. The van der Waals surface area contributed by atoms with E-state index < -0.39 is 0 Å². The fourth-order valence-electron chi connectivity index (χ4n) is 2.99. The van der Waals surface area contributed by atoms with Gasteiger partial charge in [0.1, 0.15) is 5.75 Å². The second-order valence-corrected chi connectivity index (χ2v) is 6.62. The zero-order chi connectivity index (χ0) is 15.5. The van der Waals surface area contributed by atoms with Gasteiger partial charge in [0.2, 0.25) is 0 Å². The van der Waals surface area contributed by atoms with Crippen molar-refractivity contribution >= 4 is 0 Å². The van der Waals surface area contributed by atoms with E-state index >= 15 is 0 Å². The predicted octanol–water partition coefficient (Wildman–Crippen LogP) is 1.94. The zero-order valence-electron chi connectivity index (χ0n) is 14.1. The van der Waals surface area contributed by atoms with Crippen LogP contribution >= 0.6 is 0 Å². The number of nitrogens with one attached hydrogen (secondary N) is 1. The Hall–Kier alpha value is -1.10. The summed E-state index contributed by atoms with van der Waals surface area (Å²) in [6, 6.07) is 6.48. The normalized spacial score (nSPS) is 19.7. The molecule has 0 unspecified atom stereocenters. The quantitative estimate of drug-likeness (QED) is 0.897. The van der Waals surface area contributed by atoms with Gasteiger partial charge in [-0.1, -0.05) is 6.07 Å². The van der Waals surface area contributed by atoms with Crippen LogP contribution in [-0.2, 0) is 13.1 Å². The highest BCUT2D eigenvalue weighted by molar-refractivity contribution is 5.37. The Morgan fingerprint density at radius 2 is 2.05 bits per heavy atom. The number of benzene rings is 1. The summed E-state index contributed by atoms with van der Waals surface area (Å²) < 4.78 is 5.54. The zero-order valence-corrected chi connectivity index (χ0v) is 14.1. The van der Waals surface area contributed by atoms with Crippen molar-refractivity contribution in [3.05, 3.63) is 29.3 Å². The Morgan fingerprint density at radius 3 is 2.67 bits per heavy atom. The number of methoxy groups -OCH3 is 1. The second-order valence-electron chi connectivity index (χ2n) is 6.62. The molecule has 0 aliphatic carbocycles. The molecule has 4 heteroatoms. The average molecular weight is 291 g/mol. The fourth-order valence-corrected chi connectivity index (χ4v) is 2.99. The molecule has 21 heavy (non-hydrogen) atoms. The van der Waals surface area contributed by atoms with Gasteiger partial charge in [0.05, 0.1) is 7.11 Å². The molecule has 0 atom stereocenters. The highest BCUT2D eigenvalue weighted by Crippen LogP contribution is 2.25. The van der Waals surface area contributed by atoms with Crippen LogP contribution in [0.4, 0.5) is 0 Å². The molecule has 1 heterocycles. The summed E-state index contributed by atoms with van der Waals surface area (Å²) >= 11 is 0. The van der Waals surface area contributed by atoms with E-state index in [4.69, 9.17) is 4.74 Å². The maximum atomic E-state index is 5.54. The number of rotatable bonds is 5. The molecular weight excluding hydrogens is 262 g/mol. The van der Waals surface area contributed by atoms with Gasteiger partial charge >= 0.3 is 0 Å². The van der Waals surface area contributed by atoms with E-state index in [9.17, 15) is 0 Å². The number of hydrogen-bond acceptors (Lipinski definition) is 4. The molecule has 1 fully saturated rings. The van der Waals surface area contributed by atoms with Crippen molar-refractivity contribution in [1.82, 2.24) is 15.1 Å². The van der Waals surface area contributed by atoms with Crippen LogP contribution < -0.4 is 10.1 Å². The highest BCUT2D eigenvalue weighted by atomic mass is 16.5. The Labute approximate surface area is 129 Å². The molecule has 118 valence electrons. The van der Waals surface area contributed by atoms with Crippen LogP contribution in [0.25, 0.3) is 0 Å². The minimum Gasteiger partial charge on any atom is -0.496 e. The lowest BCUT2D eigenvalue weighted by Crippen LogP contribution is -2.57. The standard InChI is InChI=1S/C17H29N3O/c1-17(2)13-20(9-8-19(17)4)12-15-10-14(11-18-3)6-7-16(15)21-5/h6-7,10,18H,8-9,11-13H2,1-5H3. The molecule has 1 aliphatic heterocycles. The van der Waals surface area contributed by atoms with Crippen LogP contribution in [0.1, 0.15) is 25.0 Å². The summed E-state index contributed by atoms with van der Waals surface area (Å²) in [5, 5.41) is 3.21. The van der Waals surface area contributed by atoms with Gasteiger partial charge in [0.15, 0.2) is 0 Å². The highest BCUT2D eigenvalue weighted by Gasteiger charge is 2.31. The van der Waals surface area contributed by atoms with Gasteiger partial charge in [0, 0.05) is 43.8 Å². The monoisotopic (exact) mass is 291 g/mol. The molecule has 0 radical (unpaired) electrons. The number of ether oxygens (including phenoxy) is 1. The minimum absolute atomic E-state index is 0.230. The van der Waals surface area contributed by atoms with Gasteiger partial charge < -0.3 is 10.1 Å². The first-order chi connectivity index (χ1) is 9.96. The van der Waals surface area contributed by atoms with Gasteiger partial charge in [-0.25, -0.2) is 0 Å². The van der Waals surface area contributed by atoms with Crippen molar-refractivity contribution in [2.24, 2.45) is 0 Å². The van der Waals surface area contributed by atoms with Crippen LogP contribution in [0.2, 0.25) is 0 Å². The lowest BCUT2D eigenvalue weighted by Gasteiger charge is -2.45. The fraction of sp³-hybridized carbons (Fsp3) is 0.647. The van der Waals surface area contributed by atoms with Crippen LogP contribution in [0.15, 0.2) is 18.2 Å². The molecule has 1 aromatic rings. The summed E-state index contributed by atoms with van der Waals surface area (Å²) in [7, 11) is 5.95. The third-order valence-corrected chi connectivity index (χ3v) is 4.52. The second kappa shape index (κ2) is 6.77. The molecule has 4 nitrogen and oxygen atoms in total. The Kier molecular flexibility index (Phi) is 5.25. The van der Waals surface area contributed by atoms with E-state index in [1.807, 2.05) is 7.05 Å². The molecule has 0 spiro atoms. The number of likely N-dealkylation sites (N-methyl/N-ethyl adjacent to an activating group) is 1. The summed E-state index contributed by atoms with van der Waals surface area (Å²) in [6.07, 6.45) is 0. The molecule has 1 aliphatic rings. The van der Waals surface area contributed by atoms with Crippen molar-refractivity contribution in [2.45, 2.75) is 32.5 Å². The Bertz CT molecular complexity index is 473. The molecular formula is C17H29N3O. The van der Waals surface area contributed by atoms with E-state index in [2.05, 4.69) is 54.2 Å². The van der Waals surface area contributed by atoms with E-state index in [0.29, 0.717) is 0 Å². The van der Waals surface area contributed by atoms with Crippen LogP contribution in [0, 0.1) is 0 Å². The van der Waals surface area contributed by atoms with E-state index in [1.165, 1.54) is 11.1 Å². The topological polar surface area (TPSA) is 27.7 Å². The molecule has 0 bridgehead atoms. The summed E-state index contributed by atoms with van der Waals surface area (Å²) in [5.41, 5.74) is 2.82. The van der Waals surface area contributed by atoms with Gasteiger partial charge in [-0.05, 0) is 45.6 Å². The van der Waals surface area contributed by atoms with Crippen LogP contribution in [0.3, 0.4) is 0 Å². The van der Waals surface area contributed by atoms with Gasteiger partial charge in [-0.15, -0.1) is 0 Å². The third kappa shape index (κ3) is 3.96. The number of piperazine rings is 1. The lowest BCUT2D eigenvalue weighted by atomic mass is 9.99. The lowest BCUT2D eigenvalue weighted by molar-refractivity contribution is 0.0356.